The molecule has 1 aliphatic heterocycles. The lowest BCUT2D eigenvalue weighted by Gasteiger charge is -2.19. The second-order valence-electron chi connectivity index (χ2n) is 8.69. The van der Waals surface area contributed by atoms with E-state index >= 15 is 0 Å². The standard InChI is InChI=1S/C26H28ClN5OS.ClH/c1-18-16-24(30-33-18)21-9-8-19-10-13-32(14-11-20(19)17-21)12-5-15-34-26-29-28-25(31(26)2)22-6-3-4-7-23(22)27;/h3-4,6-9,16-17H,5,10-15H2,1-2H3;1H. The minimum atomic E-state index is 0. The Kier molecular flexibility index (Phi) is 8.55. The molecule has 6 nitrogen and oxygen atoms in total. The molecule has 0 saturated heterocycles. The molecule has 5 rings (SSSR count). The summed E-state index contributed by atoms with van der Waals surface area (Å²) in [6.07, 6.45) is 3.27. The molecule has 0 saturated carbocycles. The Bertz CT molecular complexity index is 1290. The summed E-state index contributed by atoms with van der Waals surface area (Å²) in [5.41, 5.74) is 5.85. The normalized spacial score (nSPS) is 13.8. The highest BCUT2D eigenvalue weighted by atomic mass is 35.5. The van der Waals surface area contributed by atoms with Gasteiger partial charge in [0.25, 0.3) is 0 Å². The number of hydrogen-bond acceptors (Lipinski definition) is 6. The fourth-order valence-electron chi connectivity index (χ4n) is 4.43. The first-order valence-electron chi connectivity index (χ1n) is 11.6. The van der Waals surface area contributed by atoms with Gasteiger partial charge in [-0.25, -0.2) is 0 Å². The first-order valence-corrected chi connectivity index (χ1v) is 13.0. The molecule has 0 radical (unpaired) electrons. The van der Waals surface area contributed by atoms with Gasteiger partial charge in [-0.3, -0.25) is 0 Å². The number of nitrogens with zero attached hydrogens (tertiary/aromatic N) is 5. The van der Waals surface area contributed by atoms with Crippen LogP contribution in [0.1, 0.15) is 23.3 Å². The molecule has 0 fully saturated rings. The Balaban J connectivity index is 0.00000289. The molecule has 0 N–H and O–H groups in total. The highest BCUT2D eigenvalue weighted by Gasteiger charge is 2.17. The fraction of sp³-hybridized carbons (Fsp3) is 0.346. The van der Waals surface area contributed by atoms with E-state index in [0.717, 1.165) is 78.2 Å². The Hall–Kier alpha value is -2.32. The van der Waals surface area contributed by atoms with Gasteiger partial charge >= 0.3 is 0 Å². The molecule has 1 aliphatic rings. The van der Waals surface area contributed by atoms with Crippen molar-refractivity contribution in [3.63, 3.8) is 0 Å². The maximum absolute atomic E-state index is 6.34. The van der Waals surface area contributed by atoms with Crippen LogP contribution >= 0.6 is 35.8 Å². The van der Waals surface area contributed by atoms with Crippen molar-refractivity contribution in [2.24, 2.45) is 7.05 Å². The lowest BCUT2D eigenvalue weighted by atomic mass is 9.99. The van der Waals surface area contributed by atoms with Crippen molar-refractivity contribution in [3.8, 4) is 22.6 Å². The summed E-state index contributed by atoms with van der Waals surface area (Å²) in [4.78, 5) is 2.58. The van der Waals surface area contributed by atoms with E-state index in [9.17, 15) is 0 Å². The van der Waals surface area contributed by atoms with Gasteiger partial charge in [-0.15, -0.1) is 22.6 Å². The monoisotopic (exact) mass is 529 g/mol. The van der Waals surface area contributed by atoms with Crippen LogP contribution in [-0.2, 0) is 19.9 Å². The van der Waals surface area contributed by atoms with E-state index in [1.165, 1.54) is 11.1 Å². The molecule has 0 bridgehead atoms. The Morgan fingerprint density at radius 2 is 1.83 bits per heavy atom. The number of hydrogen-bond donors (Lipinski definition) is 0. The zero-order valence-corrected chi connectivity index (χ0v) is 22.3. The number of rotatable bonds is 7. The average molecular weight is 531 g/mol. The second-order valence-corrected chi connectivity index (χ2v) is 10.2. The number of aryl methyl sites for hydroxylation is 1. The van der Waals surface area contributed by atoms with E-state index in [2.05, 4.69) is 38.5 Å². The highest BCUT2D eigenvalue weighted by Crippen LogP contribution is 2.29. The van der Waals surface area contributed by atoms with E-state index in [4.69, 9.17) is 16.1 Å². The van der Waals surface area contributed by atoms with Crippen molar-refractivity contribution < 1.29 is 4.52 Å². The van der Waals surface area contributed by atoms with Crippen molar-refractivity contribution in [1.29, 1.82) is 0 Å². The second kappa shape index (κ2) is 11.6. The van der Waals surface area contributed by atoms with Crippen LogP contribution in [0.15, 0.2) is 58.2 Å². The molecule has 4 aromatic rings. The third-order valence-corrected chi connectivity index (χ3v) is 7.76. The zero-order chi connectivity index (χ0) is 23.5. The van der Waals surface area contributed by atoms with Crippen LogP contribution in [0.3, 0.4) is 0 Å². The quantitative estimate of drug-likeness (QED) is 0.213. The molecule has 2 aromatic heterocycles. The number of fused-ring (bicyclic) bond motifs is 1. The summed E-state index contributed by atoms with van der Waals surface area (Å²) in [7, 11) is 2.00. The van der Waals surface area contributed by atoms with Crippen LogP contribution in [0.4, 0.5) is 0 Å². The average Bonchev–Trinajstić information content (AvgIpc) is 3.37. The summed E-state index contributed by atoms with van der Waals surface area (Å²) in [5, 5.41) is 14.5. The van der Waals surface area contributed by atoms with Crippen LogP contribution < -0.4 is 0 Å². The summed E-state index contributed by atoms with van der Waals surface area (Å²) in [6, 6.07) is 16.5. The van der Waals surface area contributed by atoms with Crippen LogP contribution in [0.5, 0.6) is 0 Å². The van der Waals surface area contributed by atoms with E-state index in [1.807, 2.05) is 48.9 Å². The van der Waals surface area contributed by atoms with E-state index < -0.39 is 0 Å². The molecule has 35 heavy (non-hydrogen) atoms. The Morgan fingerprint density at radius 1 is 1.03 bits per heavy atom. The first kappa shape index (κ1) is 25.8. The number of halogens is 2. The van der Waals surface area contributed by atoms with Crippen molar-refractivity contribution in [2.75, 3.05) is 25.4 Å². The van der Waals surface area contributed by atoms with Crippen LogP contribution in [0.2, 0.25) is 5.02 Å². The van der Waals surface area contributed by atoms with Crippen LogP contribution in [-0.4, -0.2) is 50.2 Å². The van der Waals surface area contributed by atoms with Gasteiger partial charge in [0.1, 0.15) is 11.5 Å². The minimum Gasteiger partial charge on any atom is -0.361 e. The van der Waals surface area contributed by atoms with Gasteiger partial charge in [0.05, 0.1) is 5.02 Å². The summed E-state index contributed by atoms with van der Waals surface area (Å²) in [5.74, 6) is 2.65. The summed E-state index contributed by atoms with van der Waals surface area (Å²) < 4.78 is 7.28. The maximum Gasteiger partial charge on any atom is 0.191 e. The fourth-order valence-corrected chi connectivity index (χ4v) is 5.48. The smallest absolute Gasteiger partial charge is 0.191 e. The predicted octanol–water partition coefficient (Wildman–Crippen LogP) is 6.10. The molecule has 0 aliphatic carbocycles. The largest absolute Gasteiger partial charge is 0.361 e. The van der Waals surface area contributed by atoms with Gasteiger partial charge in [-0.1, -0.05) is 52.8 Å². The molecule has 0 amide bonds. The van der Waals surface area contributed by atoms with E-state index in [-0.39, 0.29) is 12.4 Å². The lowest BCUT2D eigenvalue weighted by molar-refractivity contribution is 0.289. The third kappa shape index (κ3) is 5.92. The summed E-state index contributed by atoms with van der Waals surface area (Å²) >= 11 is 8.09. The molecule has 3 heterocycles. The van der Waals surface area contributed by atoms with Crippen molar-refractivity contribution >= 4 is 35.8 Å². The molecule has 0 atom stereocenters. The molecule has 0 spiro atoms. The first-order chi connectivity index (χ1) is 16.6. The molecule has 0 unspecified atom stereocenters. The number of benzene rings is 2. The lowest BCUT2D eigenvalue weighted by Crippen LogP contribution is -2.27. The zero-order valence-electron chi connectivity index (χ0n) is 19.9. The van der Waals surface area contributed by atoms with Crippen molar-refractivity contribution in [3.05, 3.63) is 70.4 Å². The minimum absolute atomic E-state index is 0. The van der Waals surface area contributed by atoms with Crippen LogP contribution in [0, 0.1) is 6.92 Å². The molecular weight excluding hydrogens is 501 g/mol. The van der Waals surface area contributed by atoms with Gasteiger partial charge in [-0.2, -0.15) is 0 Å². The molecular formula is C26H29Cl2N5OS. The molecule has 2 aromatic carbocycles. The molecule has 9 heteroatoms. The summed E-state index contributed by atoms with van der Waals surface area (Å²) in [6.45, 7) is 5.20. The van der Waals surface area contributed by atoms with Gasteiger partial charge < -0.3 is 14.0 Å². The van der Waals surface area contributed by atoms with Gasteiger partial charge in [0, 0.05) is 43.1 Å². The van der Waals surface area contributed by atoms with Crippen LogP contribution in [0.25, 0.3) is 22.6 Å². The number of aromatic nitrogens is 4. The highest BCUT2D eigenvalue weighted by molar-refractivity contribution is 7.99. The number of thioether (sulfide) groups is 1. The molecule has 184 valence electrons. The van der Waals surface area contributed by atoms with E-state index in [1.54, 1.807) is 11.8 Å². The SMILES string of the molecule is Cc1cc(-c2ccc3c(c2)CCN(CCCSc2nnc(-c4ccccc4Cl)n2C)CC3)no1.Cl. The van der Waals surface area contributed by atoms with Gasteiger partial charge in [-0.05, 0) is 62.1 Å². The Labute approximate surface area is 221 Å². The van der Waals surface area contributed by atoms with Crippen molar-refractivity contribution in [1.82, 2.24) is 24.8 Å². The topological polar surface area (TPSA) is 60.0 Å². The third-order valence-electron chi connectivity index (χ3n) is 6.32. The maximum atomic E-state index is 6.34. The van der Waals surface area contributed by atoms with Gasteiger partial charge in [0.15, 0.2) is 11.0 Å². The van der Waals surface area contributed by atoms with Gasteiger partial charge in [0.2, 0.25) is 0 Å². The van der Waals surface area contributed by atoms with E-state index in [0.29, 0.717) is 5.02 Å². The predicted molar refractivity (Wildman–Crippen MR) is 145 cm³/mol. The Morgan fingerprint density at radius 3 is 2.60 bits per heavy atom. The van der Waals surface area contributed by atoms with Crippen molar-refractivity contribution in [2.45, 2.75) is 31.3 Å².